The van der Waals surface area contributed by atoms with Gasteiger partial charge in [0, 0.05) is 12.2 Å². The maximum atomic E-state index is 14.4. The minimum absolute atomic E-state index is 0.0449. The number of carbonyl (C=O) groups excluding carboxylic acids is 2. The number of nitrogen functional groups attached to an aromatic ring is 1. The van der Waals surface area contributed by atoms with Crippen molar-refractivity contribution in [3.63, 3.8) is 0 Å². The van der Waals surface area contributed by atoms with Crippen molar-refractivity contribution in [2.24, 2.45) is 5.92 Å². The van der Waals surface area contributed by atoms with E-state index >= 15 is 0 Å². The highest BCUT2D eigenvalue weighted by molar-refractivity contribution is 5.96. The van der Waals surface area contributed by atoms with Gasteiger partial charge < -0.3 is 15.4 Å². The zero-order valence-electron chi connectivity index (χ0n) is 15.4. The standard InChI is InChI=1S/C21H23FN2O3/c1-13-5-3-7-17(22)18(13)20(25)24-12-4-6-16(21(26)27-2)19(24)14-8-10-15(23)11-9-14/h3,5,7-11,16,19H,4,6,12,23H2,1-2H3/t16-,19-/m0/s1. The summed E-state index contributed by atoms with van der Waals surface area (Å²) in [4.78, 5) is 27.2. The summed E-state index contributed by atoms with van der Waals surface area (Å²) in [5.74, 6) is -1.86. The molecule has 0 bridgehead atoms. The summed E-state index contributed by atoms with van der Waals surface area (Å²) in [5, 5.41) is 0. The number of esters is 1. The number of methoxy groups -OCH3 is 1. The van der Waals surface area contributed by atoms with E-state index in [1.165, 1.54) is 13.2 Å². The number of nitrogens with zero attached hydrogens (tertiary/aromatic N) is 1. The number of aryl methyl sites for hydroxylation is 1. The number of ether oxygens (including phenoxy) is 1. The minimum Gasteiger partial charge on any atom is -0.469 e. The molecule has 2 N–H and O–H groups in total. The molecule has 0 aromatic heterocycles. The van der Waals surface area contributed by atoms with Crippen molar-refractivity contribution in [2.45, 2.75) is 25.8 Å². The van der Waals surface area contributed by atoms with Crippen LogP contribution in [-0.2, 0) is 9.53 Å². The Kier molecular flexibility index (Phi) is 5.44. The van der Waals surface area contributed by atoms with Crippen LogP contribution in [0.15, 0.2) is 42.5 Å². The Hall–Kier alpha value is -2.89. The molecule has 1 saturated heterocycles. The van der Waals surface area contributed by atoms with E-state index < -0.39 is 23.7 Å². The minimum atomic E-state index is -0.559. The van der Waals surface area contributed by atoms with E-state index in [4.69, 9.17) is 10.5 Å². The second-order valence-corrected chi connectivity index (χ2v) is 6.81. The van der Waals surface area contributed by atoms with E-state index in [0.717, 1.165) is 5.56 Å². The van der Waals surface area contributed by atoms with Crippen LogP contribution in [0.2, 0.25) is 0 Å². The third kappa shape index (κ3) is 3.65. The Labute approximate surface area is 157 Å². The fourth-order valence-electron chi connectivity index (χ4n) is 3.77. The topological polar surface area (TPSA) is 72.6 Å². The monoisotopic (exact) mass is 370 g/mol. The van der Waals surface area contributed by atoms with Crippen molar-refractivity contribution in [3.8, 4) is 0 Å². The van der Waals surface area contributed by atoms with Gasteiger partial charge in [-0.05, 0) is 49.1 Å². The molecular formula is C21H23FN2O3. The summed E-state index contributed by atoms with van der Waals surface area (Å²) in [7, 11) is 1.34. The maximum Gasteiger partial charge on any atom is 0.311 e. The number of benzene rings is 2. The third-order valence-electron chi connectivity index (χ3n) is 5.11. The third-order valence-corrected chi connectivity index (χ3v) is 5.11. The summed E-state index contributed by atoms with van der Waals surface area (Å²) < 4.78 is 19.4. The number of carbonyl (C=O) groups is 2. The molecule has 2 atom stereocenters. The lowest BCUT2D eigenvalue weighted by Crippen LogP contribution is -2.45. The van der Waals surface area contributed by atoms with Gasteiger partial charge in [0.1, 0.15) is 5.82 Å². The highest BCUT2D eigenvalue weighted by Crippen LogP contribution is 2.38. The van der Waals surface area contributed by atoms with Crippen molar-refractivity contribution in [2.75, 3.05) is 19.4 Å². The lowest BCUT2D eigenvalue weighted by Gasteiger charge is -2.40. The van der Waals surface area contributed by atoms with Gasteiger partial charge in [0.2, 0.25) is 0 Å². The smallest absolute Gasteiger partial charge is 0.311 e. The van der Waals surface area contributed by atoms with Crippen molar-refractivity contribution < 1.29 is 18.7 Å². The van der Waals surface area contributed by atoms with Crippen LogP contribution in [0, 0.1) is 18.7 Å². The summed E-state index contributed by atoms with van der Waals surface area (Å²) in [5.41, 5.74) is 7.76. The predicted molar refractivity (Wildman–Crippen MR) is 101 cm³/mol. The maximum absolute atomic E-state index is 14.4. The number of piperidine rings is 1. The molecule has 1 heterocycles. The van der Waals surface area contributed by atoms with Crippen LogP contribution in [0.3, 0.4) is 0 Å². The first-order chi connectivity index (χ1) is 12.9. The molecule has 0 spiro atoms. The van der Waals surface area contributed by atoms with Crippen LogP contribution in [0.4, 0.5) is 10.1 Å². The first-order valence-corrected chi connectivity index (χ1v) is 8.93. The Balaban J connectivity index is 2.06. The van der Waals surface area contributed by atoms with E-state index in [0.29, 0.717) is 30.6 Å². The molecule has 1 fully saturated rings. The Morgan fingerprint density at radius 2 is 1.89 bits per heavy atom. The highest BCUT2D eigenvalue weighted by Gasteiger charge is 2.41. The fraction of sp³-hybridized carbons (Fsp3) is 0.333. The molecule has 0 saturated carbocycles. The number of amides is 1. The molecule has 5 nitrogen and oxygen atoms in total. The van der Waals surface area contributed by atoms with Gasteiger partial charge in [0.05, 0.1) is 24.6 Å². The Morgan fingerprint density at radius 3 is 2.52 bits per heavy atom. The summed E-state index contributed by atoms with van der Waals surface area (Å²) in [6.07, 6.45) is 1.24. The molecule has 1 aliphatic rings. The van der Waals surface area contributed by atoms with E-state index in [2.05, 4.69) is 0 Å². The molecule has 0 unspecified atom stereocenters. The Morgan fingerprint density at radius 1 is 1.19 bits per heavy atom. The largest absolute Gasteiger partial charge is 0.469 e. The molecule has 0 radical (unpaired) electrons. The number of rotatable bonds is 3. The molecule has 1 aliphatic heterocycles. The SMILES string of the molecule is COC(=O)[C@H]1CCCN(C(=O)c2c(C)cccc2F)[C@H]1c1ccc(N)cc1. The molecule has 142 valence electrons. The van der Waals surface area contributed by atoms with Crippen LogP contribution in [0.1, 0.15) is 40.4 Å². The van der Waals surface area contributed by atoms with Crippen LogP contribution in [0.5, 0.6) is 0 Å². The summed E-state index contributed by atoms with van der Waals surface area (Å²) in [6.45, 7) is 2.14. The van der Waals surface area contributed by atoms with Crippen molar-refractivity contribution in [3.05, 3.63) is 65.0 Å². The highest BCUT2D eigenvalue weighted by atomic mass is 19.1. The molecule has 2 aromatic carbocycles. The van der Waals surface area contributed by atoms with Crippen LogP contribution in [0.25, 0.3) is 0 Å². The number of anilines is 1. The van der Waals surface area contributed by atoms with Crippen molar-refractivity contribution in [1.29, 1.82) is 0 Å². The van der Waals surface area contributed by atoms with Gasteiger partial charge in [-0.2, -0.15) is 0 Å². The zero-order chi connectivity index (χ0) is 19.6. The van der Waals surface area contributed by atoms with Gasteiger partial charge in [0.25, 0.3) is 5.91 Å². The molecule has 2 aromatic rings. The van der Waals surface area contributed by atoms with Gasteiger partial charge in [-0.1, -0.05) is 24.3 Å². The lowest BCUT2D eigenvalue weighted by atomic mass is 9.84. The number of hydrogen-bond donors (Lipinski definition) is 1. The number of likely N-dealkylation sites (tertiary alicyclic amines) is 1. The molecule has 6 heteroatoms. The van der Waals surface area contributed by atoms with Gasteiger partial charge in [0.15, 0.2) is 0 Å². The molecule has 0 aliphatic carbocycles. The van der Waals surface area contributed by atoms with Gasteiger partial charge in [-0.3, -0.25) is 9.59 Å². The molecule has 1 amide bonds. The summed E-state index contributed by atoms with van der Waals surface area (Å²) >= 11 is 0. The van der Waals surface area contributed by atoms with Gasteiger partial charge >= 0.3 is 5.97 Å². The normalized spacial score (nSPS) is 19.6. The van der Waals surface area contributed by atoms with Crippen molar-refractivity contribution in [1.82, 2.24) is 4.90 Å². The zero-order valence-corrected chi connectivity index (χ0v) is 15.4. The first kappa shape index (κ1) is 18.9. The Bertz CT molecular complexity index is 831. The van der Waals surface area contributed by atoms with E-state index in [9.17, 15) is 14.0 Å². The number of halogens is 1. The molecular weight excluding hydrogens is 347 g/mol. The number of hydrogen-bond acceptors (Lipinski definition) is 4. The van der Waals surface area contributed by atoms with E-state index in [1.54, 1.807) is 48.2 Å². The van der Waals surface area contributed by atoms with Crippen LogP contribution >= 0.6 is 0 Å². The predicted octanol–water partition coefficient (Wildman–Crippen LogP) is 3.48. The summed E-state index contributed by atoms with van der Waals surface area (Å²) in [6, 6.07) is 11.1. The molecule has 3 rings (SSSR count). The molecule has 27 heavy (non-hydrogen) atoms. The fourth-order valence-corrected chi connectivity index (χ4v) is 3.77. The van der Waals surface area contributed by atoms with Crippen LogP contribution in [-0.4, -0.2) is 30.4 Å². The van der Waals surface area contributed by atoms with E-state index in [-0.39, 0.29) is 11.5 Å². The quantitative estimate of drug-likeness (QED) is 0.663. The van der Waals surface area contributed by atoms with E-state index in [1.807, 2.05) is 0 Å². The average Bonchev–Trinajstić information content (AvgIpc) is 2.67. The van der Waals surface area contributed by atoms with Gasteiger partial charge in [-0.25, -0.2) is 4.39 Å². The first-order valence-electron chi connectivity index (χ1n) is 8.93. The van der Waals surface area contributed by atoms with Crippen molar-refractivity contribution >= 4 is 17.6 Å². The number of nitrogens with two attached hydrogens (primary N) is 1. The van der Waals surface area contributed by atoms with Gasteiger partial charge in [-0.15, -0.1) is 0 Å². The second kappa shape index (κ2) is 7.78. The lowest BCUT2D eigenvalue weighted by molar-refractivity contribution is -0.149. The second-order valence-electron chi connectivity index (χ2n) is 6.81. The average molecular weight is 370 g/mol. The van der Waals surface area contributed by atoms with Crippen LogP contribution < -0.4 is 5.73 Å².